The second-order valence-corrected chi connectivity index (χ2v) is 6.47. The van der Waals surface area contributed by atoms with Crippen LogP contribution in [-0.2, 0) is 4.79 Å². The van der Waals surface area contributed by atoms with Crippen molar-refractivity contribution in [2.75, 3.05) is 0 Å². The average molecular weight is 291 g/mol. The number of aromatic nitrogens is 2. The molecule has 0 aromatic carbocycles. The van der Waals surface area contributed by atoms with Crippen molar-refractivity contribution >= 4 is 5.91 Å². The molecule has 1 aromatic rings. The van der Waals surface area contributed by atoms with E-state index in [1.165, 1.54) is 0 Å². The van der Waals surface area contributed by atoms with Gasteiger partial charge in [-0.3, -0.25) is 4.79 Å². The van der Waals surface area contributed by atoms with E-state index in [4.69, 9.17) is 0 Å². The average Bonchev–Trinajstić information content (AvgIpc) is 3.05. The van der Waals surface area contributed by atoms with Crippen LogP contribution < -0.4 is 0 Å². The van der Waals surface area contributed by atoms with Crippen molar-refractivity contribution in [3.63, 3.8) is 0 Å². The minimum Gasteiger partial charge on any atom is -0.393 e. The quantitative estimate of drug-likeness (QED) is 0.904. The molecule has 2 aliphatic heterocycles. The largest absolute Gasteiger partial charge is 0.393 e. The molecule has 0 radical (unpaired) electrons. The molecule has 3 heterocycles. The molecule has 116 valence electrons. The normalized spacial score (nSPS) is 29.6. The smallest absolute Gasteiger partial charge is 0.225 e. The van der Waals surface area contributed by atoms with Crippen molar-refractivity contribution < 1.29 is 9.90 Å². The first-order valence-electron chi connectivity index (χ1n) is 8.15. The molecule has 1 amide bonds. The second kappa shape index (κ2) is 6.18. The number of carbonyl (C=O) groups is 1. The molecule has 0 aliphatic carbocycles. The van der Waals surface area contributed by atoms with Crippen LogP contribution >= 0.6 is 0 Å². The molecule has 2 bridgehead atoms. The maximum absolute atomic E-state index is 12.8. The van der Waals surface area contributed by atoms with Crippen molar-refractivity contribution in [1.82, 2.24) is 14.5 Å². The van der Waals surface area contributed by atoms with E-state index in [2.05, 4.69) is 21.4 Å². The number of carbonyl (C=O) groups excluding carboxylic acids is 1. The molecular formula is C16H25N3O2. The number of aliphatic hydroxyl groups is 1. The third-order valence-electron chi connectivity index (χ3n) is 4.97. The third-order valence-corrected chi connectivity index (χ3v) is 4.97. The molecule has 21 heavy (non-hydrogen) atoms. The highest BCUT2D eigenvalue weighted by Gasteiger charge is 2.42. The molecule has 0 spiro atoms. The Bertz CT molecular complexity index is 460. The number of imidazole rings is 1. The Balaban J connectivity index is 1.68. The highest BCUT2D eigenvalue weighted by atomic mass is 16.3. The van der Waals surface area contributed by atoms with E-state index in [0.29, 0.717) is 6.42 Å². The summed E-state index contributed by atoms with van der Waals surface area (Å²) in [4.78, 5) is 18.9. The number of rotatable bonds is 5. The lowest BCUT2D eigenvalue weighted by atomic mass is 9.98. The molecule has 2 saturated heterocycles. The van der Waals surface area contributed by atoms with Crippen LogP contribution in [0.2, 0.25) is 0 Å². The number of nitrogens with zero attached hydrogens (tertiary/aromatic N) is 3. The zero-order chi connectivity index (χ0) is 14.8. The Morgan fingerprint density at radius 1 is 1.38 bits per heavy atom. The zero-order valence-corrected chi connectivity index (χ0v) is 12.7. The summed E-state index contributed by atoms with van der Waals surface area (Å²) in [5.41, 5.74) is 0. The molecule has 2 aliphatic rings. The second-order valence-electron chi connectivity index (χ2n) is 6.47. The highest BCUT2D eigenvalue weighted by molar-refractivity contribution is 5.78. The van der Waals surface area contributed by atoms with Gasteiger partial charge < -0.3 is 14.6 Å². The van der Waals surface area contributed by atoms with Gasteiger partial charge in [-0.2, -0.15) is 0 Å². The monoisotopic (exact) mass is 291 g/mol. The summed E-state index contributed by atoms with van der Waals surface area (Å²) < 4.78 is 2.06. The van der Waals surface area contributed by atoms with E-state index in [-0.39, 0.29) is 30.1 Å². The van der Waals surface area contributed by atoms with E-state index in [1.54, 1.807) is 6.20 Å². The molecule has 1 aromatic heterocycles. The topological polar surface area (TPSA) is 58.4 Å². The minimum atomic E-state index is -0.216. The summed E-state index contributed by atoms with van der Waals surface area (Å²) in [5, 5.41) is 9.86. The van der Waals surface area contributed by atoms with Crippen LogP contribution in [0.1, 0.15) is 57.9 Å². The lowest BCUT2D eigenvalue weighted by Gasteiger charge is -2.38. The number of piperidine rings is 1. The van der Waals surface area contributed by atoms with Crippen LogP contribution in [0.4, 0.5) is 0 Å². The summed E-state index contributed by atoms with van der Waals surface area (Å²) in [6, 6.07) is 0.726. The number of amides is 1. The van der Waals surface area contributed by atoms with E-state index >= 15 is 0 Å². The number of fused-ring (bicyclic) bond motifs is 2. The van der Waals surface area contributed by atoms with Crippen LogP contribution in [0.15, 0.2) is 18.7 Å². The maximum atomic E-state index is 12.8. The SMILES string of the molecule is CCCC(CC(=O)N1C2CCC1CC(O)C2)n1ccnc1. The fourth-order valence-electron chi connectivity index (χ4n) is 4.04. The molecular weight excluding hydrogens is 266 g/mol. The summed E-state index contributed by atoms with van der Waals surface area (Å²) in [7, 11) is 0. The lowest BCUT2D eigenvalue weighted by Crippen LogP contribution is -2.48. The third kappa shape index (κ3) is 2.98. The number of hydrogen-bond acceptors (Lipinski definition) is 3. The number of aliphatic hydroxyl groups excluding tert-OH is 1. The van der Waals surface area contributed by atoms with E-state index < -0.39 is 0 Å². The predicted molar refractivity (Wildman–Crippen MR) is 79.7 cm³/mol. The van der Waals surface area contributed by atoms with Gasteiger partial charge in [0.25, 0.3) is 0 Å². The fraction of sp³-hybridized carbons (Fsp3) is 0.750. The molecule has 3 unspecified atom stereocenters. The molecule has 2 fully saturated rings. The number of hydrogen-bond donors (Lipinski definition) is 1. The highest BCUT2D eigenvalue weighted by Crippen LogP contribution is 2.37. The lowest BCUT2D eigenvalue weighted by molar-refractivity contribution is -0.138. The first kappa shape index (κ1) is 14.6. The van der Waals surface area contributed by atoms with Gasteiger partial charge in [0, 0.05) is 36.9 Å². The fourth-order valence-corrected chi connectivity index (χ4v) is 4.04. The van der Waals surface area contributed by atoms with Crippen LogP contribution in [0.25, 0.3) is 0 Å². The Morgan fingerprint density at radius 2 is 2.10 bits per heavy atom. The van der Waals surface area contributed by atoms with Gasteiger partial charge in [0.1, 0.15) is 0 Å². The van der Waals surface area contributed by atoms with Gasteiger partial charge in [-0.15, -0.1) is 0 Å². The van der Waals surface area contributed by atoms with Gasteiger partial charge in [0.15, 0.2) is 0 Å². The minimum absolute atomic E-state index is 0.205. The van der Waals surface area contributed by atoms with Crippen molar-refractivity contribution in [2.45, 2.75) is 76.1 Å². The zero-order valence-electron chi connectivity index (χ0n) is 12.7. The van der Waals surface area contributed by atoms with Gasteiger partial charge >= 0.3 is 0 Å². The summed E-state index contributed by atoms with van der Waals surface area (Å²) in [5.74, 6) is 0.251. The molecule has 5 heteroatoms. The van der Waals surface area contributed by atoms with Crippen LogP contribution in [0.5, 0.6) is 0 Å². The summed E-state index contributed by atoms with van der Waals surface area (Å²) in [6.45, 7) is 2.15. The molecule has 3 atom stereocenters. The standard InChI is InChI=1S/C16H25N3O2/c1-2-3-12(18-7-6-17-11-18)10-16(21)19-13-4-5-14(19)9-15(20)8-13/h6-7,11-15,20H,2-5,8-10H2,1H3. The Labute approximate surface area is 126 Å². The van der Waals surface area contributed by atoms with Crippen LogP contribution in [0, 0.1) is 0 Å². The molecule has 5 nitrogen and oxygen atoms in total. The van der Waals surface area contributed by atoms with Crippen molar-refractivity contribution in [1.29, 1.82) is 0 Å². The van der Waals surface area contributed by atoms with E-state index in [1.807, 2.05) is 12.5 Å². The molecule has 1 N–H and O–H groups in total. The van der Waals surface area contributed by atoms with Crippen LogP contribution in [0.3, 0.4) is 0 Å². The predicted octanol–water partition coefficient (Wildman–Crippen LogP) is 2.13. The summed E-state index contributed by atoms with van der Waals surface area (Å²) in [6.07, 6.45) is 11.5. The Hall–Kier alpha value is -1.36. The van der Waals surface area contributed by atoms with Crippen molar-refractivity contribution in [2.24, 2.45) is 0 Å². The van der Waals surface area contributed by atoms with Crippen molar-refractivity contribution in [3.05, 3.63) is 18.7 Å². The molecule has 0 saturated carbocycles. The first-order valence-corrected chi connectivity index (χ1v) is 8.15. The van der Waals surface area contributed by atoms with Gasteiger partial charge in [-0.05, 0) is 32.1 Å². The first-order chi connectivity index (χ1) is 10.2. The van der Waals surface area contributed by atoms with Gasteiger partial charge in [0.05, 0.1) is 12.4 Å². The van der Waals surface area contributed by atoms with E-state index in [9.17, 15) is 9.90 Å². The maximum Gasteiger partial charge on any atom is 0.225 e. The van der Waals surface area contributed by atoms with Gasteiger partial charge in [0.2, 0.25) is 5.91 Å². The molecule has 3 rings (SSSR count). The Morgan fingerprint density at radius 3 is 2.67 bits per heavy atom. The summed E-state index contributed by atoms with van der Waals surface area (Å²) >= 11 is 0. The Kier molecular flexibility index (Phi) is 4.29. The van der Waals surface area contributed by atoms with Gasteiger partial charge in [-0.1, -0.05) is 13.3 Å². The van der Waals surface area contributed by atoms with E-state index in [0.717, 1.165) is 38.5 Å². The van der Waals surface area contributed by atoms with Crippen molar-refractivity contribution in [3.8, 4) is 0 Å². The van der Waals surface area contributed by atoms with Crippen LogP contribution in [-0.4, -0.2) is 43.7 Å². The van der Waals surface area contributed by atoms with Gasteiger partial charge in [-0.25, -0.2) is 4.98 Å².